The SMILES string of the molecule is CNC(Cc1c(C)cc(C)cc1C)c1ccc(Cl)c(Cl)c1. The Kier molecular flexibility index (Phi) is 5.32. The average Bonchev–Trinajstić information content (AvgIpc) is 2.41. The first-order chi connectivity index (χ1) is 9.92. The summed E-state index contributed by atoms with van der Waals surface area (Å²) in [6.07, 6.45) is 0.937. The number of nitrogens with one attached hydrogen (secondary N) is 1. The molecule has 0 radical (unpaired) electrons. The third-order valence-corrected chi connectivity index (χ3v) is 4.68. The van der Waals surface area contributed by atoms with Crippen LogP contribution in [0.4, 0.5) is 0 Å². The van der Waals surface area contributed by atoms with Gasteiger partial charge in [0.2, 0.25) is 0 Å². The summed E-state index contributed by atoms with van der Waals surface area (Å²) in [5, 5.41) is 4.58. The lowest BCUT2D eigenvalue weighted by Crippen LogP contribution is -2.19. The Morgan fingerprint density at radius 3 is 2.10 bits per heavy atom. The molecule has 2 aromatic rings. The molecule has 2 rings (SSSR count). The summed E-state index contributed by atoms with van der Waals surface area (Å²) >= 11 is 12.1. The van der Waals surface area contributed by atoms with E-state index in [9.17, 15) is 0 Å². The van der Waals surface area contributed by atoms with Gasteiger partial charge in [-0.15, -0.1) is 0 Å². The molecule has 1 N–H and O–H groups in total. The van der Waals surface area contributed by atoms with Crippen LogP contribution in [0.25, 0.3) is 0 Å². The fourth-order valence-electron chi connectivity index (χ4n) is 2.85. The topological polar surface area (TPSA) is 12.0 Å². The first-order valence-electron chi connectivity index (χ1n) is 7.11. The minimum absolute atomic E-state index is 0.222. The highest BCUT2D eigenvalue weighted by atomic mass is 35.5. The smallest absolute Gasteiger partial charge is 0.0595 e. The Morgan fingerprint density at radius 1 is 0.952 bits per heavy atom. The van der Waals surface area contributed by atoms with Crippen LogP contribution in [0.2, 0.25) is 10.0 Å². The zero-order valence-electron chi connectivity index (χ0n) is 12.9. The third kappa shape index (κ3) is 3.79. The standard InChI is InChI=1S/C18H21Cl2N/c1-11-7-12(2)15(13(3)8-11)10-18(21-4)14-5-6-16(19)17(20)9-14/h5-9,18,21H,10H2,1-4H3. The van der Waals surface area contributed by atoms with Gasteiger partial charge in [-0.25, -0.2) is 0 Å². The normalized spacial score (nSPS) is 12.5. The molecule has 0 fully saturated rings. The molecule has 0 aliphatic carbocycles. The van der Waals surface area contributed by atoms with Gasteiger partial charge in [-0.2, -0.15) is 0 Å². The predicted octanol–water partition coefficient (Wildman–Crippen LogP) is 5.42. The molecule has 0 spiro atoms. The number of hydrogen-bond donors (Lipinski definition) is 1. The van der Waals surface area contributed by atoms with E-state index in [2.05, 4.69) is 38.2 Å². The van der Waals surface area contributed by atoms with E-state index in [1.807, 2.05) is 25.2 Å². The maximum Gasteiger partial charge on any atom is 0.0595 e. The highest BCUT2D eigenvalue weighted by molar-refractivity contribution is 6.42. The minimum atomic E-state index is 0.222. The number of halogens is 2. The molecule has 0 aliphatic rings. The largest absolute Gasteiger partial charge is 0.313 e. The van der Waals surface area contributed by atoms with Gasteiger partial charge in [-0.3, -0.25) is 0 Å². The summed E-state index contributed by atoms with van der Waals surface area (Å²) in [7, 11) is 1.98. The molecule has 0 amide bonds. The summed E-state index contributed by atoms with van der Waals surface area (Å²) in [5.41, 5.74) is 6.54. The van der Waals surface area contributed by atoms with E-state index in [1.165, 1.54) is 22.3 Å². The maximum atomic E-state index is 6.14. The summed E-state index contributed by atoms with van der Waals surface area (Å²) in [5.74, 6) is 0. The second kappa shape index (κ2) is 6.83. The third-order valence-electron chi connectivity index (χ3n) is 3.94. The van der Waals surface area contributed by atoms with Crippen LogP contribution in [0.15, 0.2) is 30.3 Å². The van der Waals surface area contributed by atoms with Gasteiger partial charge in [0.15, 0.2) is 0 Å². The van der Waals surface area contributed by atoms with Crippen LogP contribution in [-0.4, -0.2) is 7.05 Å². The maximum absolute atomic E-state index is 6.14. The lowest BCUT2D eigenvalue weighted by Gasteiger charge is -2.20. The van der Waals surface area contributed by atoms with Gasteiger partial charge in [-0.1, -0.05) is 47.0 Å². The Morgan fingerprint density at radius 2 is 1.57 bits per heavy atom. The fraction of sp³-hybridized carbons (Fsp3) is 0.333. The van der Waals surface area contributed by atoms with Gasteiger partial charge in [0.05, 0.1) is 10.0 Å². The molecule has 0 saturated carbocycles. The Bertz CT molecular complexity index is 627. The molecule has 0 saturated heterocycles. The lowest BCUT2D eigenvalue weighted by atomic mass is 9.92. The highest BCUT2D eigenvalue weighted by Gasteiger charge is 2.14. The zero-order valence-corrected chi connectivity index (χ0v) is 14.4. The predicted molar refractivity (Wildman–Crippen MR) is 92.6 cm³/mol. The molecule has 3 heteroatoms. The zero-order chi connectivity index (χ0) is 15.6. The Hall–Kier alpha value is -1.02. The van der Waals surface area contributed by atoms with Gasteiger partial charge in [0.25, 0.3) is 0 Å². The molecule has 1 nitrogen and oxygen atoms in total. The minimum Gasteiger partial charge on any atom is -0.313 e. The van der Waals surface area contributed by atoms with Gasteiger partial charge in [-0.05, 0) is 68.6 Å². The molecular weight excluding hydrogens is 301 g/mol. The molecule has 112 valence electrons. The van der Waals surface area contributed by atoms with Crippen LogP contribution in [0.1, 0.15) is 33.9 Å². The van der Waals surface area contributed by atoms with Crippen molar-refractivity contribution in [3.8, 4) is 0 Å². The van der Waals surface area contributed by atoms with Crippen molar-refractivity contribution in [3.05, 3.63) is 68.2 Å². The number of benzene rings is 2. The fourth-order valence-corrected chi connectivity index (χ4v) is 3.16. The lowest BCUT2D eigenvalue weighted by molar-refractivity contribution is 0.589. The molecular formula is C18H21Cl2N. The quantitative estimate of drug-likeness (QED) is 0.792. The van der Waals surface area contributed by atoms with E-state index in [1.54, 1.807) is 0 Å². The van der Waals surface area contributed by atoms with Crippen LogP contribution in [0.3, 0.4) is 0 Å². The highest BCUT2D eigenvalue weighted by Crippen LogP contribution is 2.28. The van der Waals surface area contributed by atoms with Gasteiger partial charge >= 0.3 is 0 Å². The van der Waals surface area contributed by atoms with Crippen molar-refractivity contribution in [1.29, 1.82) is 0 Å². The number of likely N-dealkylation sites (N-methyl/N-ethyl adjacent to an activating group) is 1. The van der Waals surface area contributed by atoms with E-state index >= 15 is 0 Å². The molecule has 0 aromatic heterocycles. The van der Waals surface area contributed by atoms with Gasteiger partial charge in [0.1, 0.15) is 0 Å². The van der Waals surface area contributed by atoms with Crippen LogP contribution in [0, 0.1) is 20.8 Å². The van der Waals surface area contributed by atoms with E-state index in [0.717, 1.165) is 12.0 Å². The number of rotatable bonds is 4. The molecule has 0 heterocycles. The molecule has 0 aliphatic heterocycles. The molecule has 0 bridgehead atoms. The van der Waals surface area contributed by atoms with Gasteiger partial charge < -0.3 is 5.32 Å². The summed E-state index contributed by atoms with van der Waals surface area (Å²) in [4.78, 5) is 0. The van der Waals surface area contributed by atoms with Crippen LogP contribution >= 0.6 is 23.2 Å². The van der Waals surface area contributed by atoms with E-state index < -0.39 is 0 Å². The van der Waals surface area contributed by atoms with Crippen molar-refractivity contribution >= 4 is 23.2 Å². The van der Waals surface area contributed by atoms with Crippen molar-refractivity contribution in [1.82, 2.24) is 5.32 Å². The van der Waals surface area contributed by atoms with Crippen molar-refractivity contribution < 1.29 is 0 Å². The molecule has 1 unspecified atom stereocenters. The second-order valence-electron chi connectivity index (χ2n) is 5.60. The number of hydrogen-bond acceptors (Lipinski definition) is 1. The van der Waals surface area contributed by atoms with Gasteiger partial charge in [0, 0.05) is 6.04 Å². The van der Waals surface area contributed by atoms with Crippen LogP contribution < -0.4 is 5.32 Å². The molecule has 21 heavy (non-hydrogen) atoms. The molecule has 2 aromatic carbocycles. The monoisotopic (exact) mass is 321 g/mol. The second-order valence-corrected chi connectivity index (χ2v) is 6.41. The van der Waals surface area contributed by atoms with Crippen LogP contribution in [-0.2, 0) is 6.42 Å². The Labute approximate surface area is 137 Å². The van der Waals surface area contributed by atoms with E-state index in [4.69, 9.17) is 23.2 Å². The van der Waals surface area contributed by atoms with Crippen LogP contribution in [0.5, 0.6) is 0 Å². The van der Waals surface area contributed by atoms with Crippen molar-refractivity contribution in [2.45, 2.75) is 33.2 Å². The van der Waals surface area contributed by atoms with E-state index in [0.29, 0.717) is 10.0 Å². The first-order valence-corrected chi connectivity index (χ1v) is 7.87. The Balaban J connectivity index is 2.33. The summed E-state index contributed by atoms with van der Waals surface area (Å²) < 4.78 is 0. The van der Waals surface area contributed by atoms with E-state index in [-0.39, 0.29) is 6.04 Å². The first kappa shape index (κ1) is 16.4. The van der Waals surface area contributed by atoms with Crippen molar-refractivity contribution in [2.75, 3.05) is 7.05 Å². The molecule has 1 atom stereocenters. The summed E-state index contributed by atoms with van der Waals surface area (Å²) in [6.45, 7) is 6.49. The number of aryl methyl sites for hydroxylation is 3. The average molecular weight is 322 g/mol. The van der Waals surface area contributed by atoms with Crippen molar-refractivity contribution in [3.63, 3.8) is 0 Å². The summed E-state index contributed by atoms with van der Waals surface area (Å²) in [6, 6.07) is 10.5. The van der Waals surface area contributed by atoms with Crippen molar-refractivity contribution in [2.24, 2.45) is 0 Å².